The second-order valence-electron chi connectivity index (χ2n) is 3.48. The van der Waals surface area contributed by atoms with Crippen LogP contribution in [0.5, 0.6) is 5.75 Å². The molecule has 0 bridgehead atoms. The van der Waals surface area contributed by atoms with Gasteiger partial charge in [0, 0.05) is 6.42 Å². The van der Waals surface area contributed by atoms with E-state index in [-0.39, 0.29) is 5.97 Å². The number of rotatable bonds is 5. The summed E-state index contributed by atoms with van der Waals surface area (Å²) in [6.07, 6.45) is 3.06. The molecule has 0 aliphatic carbocycles. The molecule has 0 aromatic heterocycles. The van der Waals surface area contributed by atoms with E-state index in [1.807, 2.05) is 25.1 Å². The molecule has 0 aliphatic heterocycles. The van der Waals surface area contributed by atoms with Crippen molar-refractivity contribution in [1.82, 2.24) is 0 Å². The van der Waals surface area contributed by atoms with E-state index in [2.05, 4.69) is 6.92 Å². The molecule has 1 radical (unpaired) electrons. The maximum Gasteiger partial charge on any atom is 0.311 e. The lowest BCUT2D eigenvalue weighted by atomic mass is 10.1. The molecule has 0 saturated heterocycles. The van der Waals surface area contributed by atoms with Crippen LogP contribution in [0.25, 0.3) is 0 Å². The standard InChI is InChI=1S/C13H17O2/c1-3-6-11-8-5-9-12(10-11)15-13(14)7-4-2/h5,8-10H,1,3-4,6-7H2,2H3. The summed E-state index contributed by atoms with van der Waals surface area (Å²) in [5.74, 6) is 0.476. The van der Waals surface area contributed by atoms with Crippen molar-refractivity contribution in [2.75, 3.05) is 0 Å². The van der Waals surface area contributed by atoms with Crippen molar-refractivity contribution >= 4 is 5.97 Å². The normalized spacial score (nSPS) is 10.0. The van der Waals surface area contributed by atoms with E-state index in [0.717, 1.165) is 24.8 Å². The molecule has 15 heavy (non-hydrogen) atoms. The van der Waals surface area contributed by atoms with Crippen molar-refractivity contribution in [2.45, 2.75) is 32.6 Å². The molecule has 0 atom stereocenters. The van der Waals surface area contributed by atoms with Gasteiger partial charge in [0.05, 0.1) is 0 Å². The Morgan fingerprint density at radius 3 is 2.93 bits per heavy atom. The largest absolute Gasteiger partial charge is 0.427 e. The van der Waals surface area contributed by atoms with Crippen LogP contribution in [-0.2, 0) is 11.2 Å². The van der Waals surface area contributed by atoms with Crippen LogP contribution in [0.3, 0.4) is 0 Å². The minimum Gasteiger partial charge on any atom is -0.427 e. The summed E-state index contributed by atoms with van der Waals surface area (Å²) in [6.45, 7) is 5.75. The zero-order chi connectivity index (χ0) is 11.1. The molecular weight excluding hydrogens is 188 g/mol. The number of esters is 1. The molecule has 1 aromatic carbocycles. The lowest BCUT2D eigenvalue weighted by Gasteiger charge is -2.05. The van der Waals surface area contributed by atoms with Crippen LogP contribution in [0.1, 0.15) is 31.7 Å². The molecule has 0 aliphatic rings. The van der Waals surface area contributed by atoms with Crippen molar-refractivity contribution in [2.24, 2.45) is 0 Å². The van der Waals surface area contributed by atoms with Gasteiger partial charge in [0.1, 0.15) is 5.75 Å². The second kappa shape index (κ2) is 6.23. The molecule has 0 unspecified atom stereocenters. The topological polar surface area (TPSA) is 26.3 Å². The zero-order valence-corrected chi connectivity index (χ0v) is 9.16. The quantitative estimate of drug-likeness (QED) is 0.545. The minimum atomic E-state index is -0.163. The zero-order valence-electron chi connectivity index (χ0n) is 9.16. The van der Waals surface area contributed by atoms with Crippen LogP contribution >= 0.6 is 0 Å². The summed E-state index contributed by atoms with van der Waals surface area (Å²) in [5.41, 5.74) is 1.16. The van der Waals surface area contributed by atoms with Gasteiger partial charge < -0.3 is 4.74 Å². The first-order valence-electron chi connectivity index (χ1n) is 5.35. The van der Waals surface area contributed by atoms with Gasteiger partial charge in [-0.1, -0.05) is 26.0 Å². The number of ether oxygens (including phenoxy) is 1. The minimum absolute atomic E-state index is 0.163. The fourth-order valence-corrected chi connectivity index (χ4v) is 1.36. The average Bonchev–Trinajstić information content (AvgIpc) is 2.19. The molecule has 0 fully saturated rings. The highest BCUT2D eigenvalue weighted by Gasteiger charge is 2.03. The molecule has 0 heterocycles. The van der Waals surface area contributed by atoms with Gasteiger partial charge in [-0.05, 0) is 37.0 Å². The van der Waals surface area contributed by atoms with Crippen LogP contribution in [0.4, 0.5) is 0 Å². The Bertz CT molecular complexity index is 318. The monoisotopic (exact) mass is 205 g/mol. The Hall–Kier alpha value is -1.31. The SMILES string of the molecule is [CH2]CCc1cccc(OC(=O)CCC)c1. The van der Waals surface area contributed by atoms with Gasteiger partial charge in [0.15, 0.2) is 0 Å². The van der Waals surface area contributed by atoms with E-state index in [1.165, 1.54) is 0 Å². The lowest BCUT2D eigenvalue weighted by molar-refractivity contribution is -0.134. The summed E-state index contributed by atoms with van der Waals surface area (Å²) < 4.78 is 5.18. The average molecular weight is 205 g/mol. The Morgan fingerprint density at radius 2 is 2.27 bits per heavy atom. The summed E-state index contributed by atoms with van der Waals surface area (Å²) in [4.78, 5) is 11.2. The van der Waals surface area contributed by atoms with Gasteiger partial charge in [0.25, 0.3) is 0 Å². The lowest BCUT2D eigenvalue weighted by Crippen LogP contribution is -2.06. The third-order valence-corrected chi connectivity index (χ3v) is 2.05. The molecule has 0 N–H and O–H groups in total. The molecule has 1 aromatic rings. The fraction of sp³-hybridized carbons (Fsp3) is 0.385. The maximum atomic E-state index is 11.2. The van der Waals surface area contributed by atoms with Crippen molar-refractivity contribution in [3.63, 3.8) is 0 Å². The van der Waals surface area contributed by atoms with E-state index >= 15 is 0 Å². The van der Waals surface area contributed by atoms with Crippen molar-refractivity contribution in [3.05, 3.63) is 36.8 Å². The number of carbonyl (C=O) groups is 1. The number of aryl methyl sites for hydroxylation is 1. The highest BCUT2D eigenvalue weighted by molar-refractivity contribution is 5.72. The van der Waals surface area contributed by atoms with Crippen LogP contribution in [-0.4, -0.2) is 5.97 Å². The van der Waals surface area contributed by atoms with Crippen LogP contribution < -0.4 is 4.74 Å². The molecule has 1 rings (SSSR count). The van der Waals surface area contributed by atoms with E-state index in [1.54, 1.807) is 6.07 Å². The van der Waals surface area contributed by atoms with Gasteiger partial charge in [-0.3, -0.25) is 4.79 Å². The van der Waals surface area contributed by atoms with Crippen molar-refractivity contribution in [1.29, 1.82) is 0 Å². The molecular formula is C13H17O2. The fourth-order valence-electron chi connectivity index (χ4n) is 1.36. The van der Waals surface area contributed by atoms with Crippen LogP contribution in [0.2, 0.25) is 0 Å². The van der Waals surface area contributed by atoms with Crippen molar-refractivity contribution < 1.29 is 9.53 Å². The first-order valence-corrected chi connectivity index (χ1v) is 5.35. The van der Waals surface area contributed by atoms with Gasteiger partial charge in [-0.15, -0.1) is 0 Å². The van der Waals surface area contributed by atoms with E-state index in [0.29, 0.717) is 12.2 Å². The van der Waals surface area contributed by atoms with Gasteiger partial charge >= 0.3 is 5.97 Å². The summed E-state index contributed by atoms with van der Waals surface area (Å²) in [6, 6.07) is 7.63. The van der Waals surface area contributed by atoms with E-state index in [4.69, 9.17) is 4.74 Å². The second-order valence-corrected chi connectivity index (χ2v) is 3.48. The summed E-state index contributed by atoms with van der Waals surface area (Å²) >= 11 is 0. The molecule has 0 amide bonds. The smallest absolute Gasteiger partial charge is 0.311 e. The number of carbonyl (C=O) groups excluding carboxylic acids is 1. The summed E-state index contributed by atoms with van der Waals surface area (Å²) in [5, 5.41) is 0. The first-order chi connectivity index (χ1) is 7.26. The summed E-state index contributed by atoms with van der Waals surface area (Å²) in [7, 11) is 0. The maximum absolute atomic E-state index is 11.2. The van der Waals surface area contributed by atoms with Gasteiger partial charge in [-0.2, -0.15) is 0 Å². The predicted molar refractivity (Wildman–Crippen MR) is 60.7 cm³/mol. The Kier molecular flexibility index (Phi) is 4.88. The third kappa shape index (κ3) is 4.15. The molecule has 0 spiro atoms. The predicted octanol–water partition coefficient (Wildman–Crippen LogP) is 3.16. The molecule has 81 valence electrons. The number of benzene rings is 1. The van der Waals surface area contributed by atoms with E-state index < -0.39 is 0 Å². The highest BCUT2D eigenvalue weighted by Crippen LogP contribution is 2.15. The molecule has 2 heteroatoms. The van der Waals surface area contributed by atoms with Gasteiger partial charge in [0.2, 0.25) is 0 Å². The first kappa shape index (κ1) is 11.8. The van der Waals surface area contributed by atoms with Crippen LogP contribution in [0.15, 0.2) is 24.3 Å². The number of hydrogen-bond acceptors (Lipinski definition) is 2. The van der Waals surface area contributed by atoms with Gasteiger partial charge in [-0.25, -0.2) is 0 Å². The highest BCUT2D eigenvalue weighted by atomic mass is 16.5. The number of hydrogen-bond donors (Lipinski definition) is 0. The van der Waals surface area contributed by atoms with Crippen molar-refractivity contribution in [3.8, 4) is 5.75 Å². The Morgan fingerprint density at radius 1 is 1.47 bits per heavy atom. The Labute approximate surface area is 91.3 Å². The van der Waals surface area contributed by atoms with E-state index in [9.17, 15) is 4.79 Å². The molecule has 2 nitrogen and oxygen atoms in total. The Balaban J connectivity index is 2.60. The third-order valence-electron chi connectivity index (χ3n) is 2.05. The van der Waals surface area contributed by atoms with Crippen LogP contribution in [0, 0.1) is 6.92 Å². The molecule has 0 saturated carbocycles.